The molecule has 0 N–H and O–H groups in total. The molecular weight excluding hydrogens is 249 g/mol. The summed E-state index contributed by atoms with van der Waals surface area (Å²) in [5.74, 6) is -0.160. The highest BCUT2D eigenvalue weighted by Crippen LogP contribution is 2.31. The van der Waals surface area contributed by atoms with E-state index >= 15 is 0 Å². The summed E-state index contributed by atoms with van der Waals surface area (Å²) in [5.41, 5.74) is 3.56. The Kier molecular flexibility index (Phi) is 3.72. The second-order valence-corrected chi connectivity index (χ2v) is 5.49. The van der Waals surface area contributed by atoms with Crippen LogP contribution < -0.4 is 4.90 Å². The Bertz CT molecular complexity index is 589. The number of rotatable bonds is 5. The molecule has 0 atom stereocenters. The minimum absolute atomic E-state index is 0.160. The van der Waals surface area contributed by atoms with Crippen LogP contribution in [0.3, 0.4) is 0 Å². The van der Waals surface area contributed by atoms with Gasteiger partial charge in [-0.3, -0.25) is 0 Å². The summed E-state index contributed by atoms with van der Waals surface area (Å²) in [4.78, 5) is 2.47. The lowest BCUT2D eigenvalue weighted by Crippen LogP contribution is -2.24. The van der Waals surface area contributed by atoms with E-state index in [1.54, 1.807) is 12.1 Å². The van der Waals surface area contributed by atoms with Gasteiger partial charge in [-0.25, -0.2) is 4.39 Å². The summed E-state index contributed by atoms with van der Waals surface area (Å²) in [6.45, 7) is 3.26. The van der Waals surface area contributed by atoms with Gasteiger partial charge in [-0.05, 0) is 61.6 Å². The van der Waals surface area contributed by atoms with Crippen LogP contribution in [0.4, 0.5) is 10.1 Å². The number of halogens is 1. The number of nitrogens with zero attached hydrogens (tertiary/aromatic N) is 1. The van der Waals surface area contributed by atoms with Crippen LogP contribution in [0.25, 0.3) is 0 Å². The monoisotopic (exact) mass is 269 g/mol. The molecule has 1 nitrogen and oxygen atoms in total. The van der Waals surface area contributed by atoms with Crippen LogP contribution in [0.2, 0.25) is 0 Å². The fourth-order valence-electron chi connectivity index (χ4n) is 2.77. The lowest BCUT2D eigenvalue weighted by atomic mass is 10.0. The standard InChI is InChI=1S/C18H20FN/c1-2-20(17-9-10-17)18-8-4-6-15(13-18)11-14-5-3-7-16(19)12-14/h3-8,12-13,17H,2,9-11H2,1H3. The van der Waals surface area contributed by atoms with E-state index in [-0.39, 0.29) is 5.82 Å². The highest BCUT2D eigenvalue weighted by atomic mass is 19.1. The van der Waals surface area contributed by atoms with Gasteiger partial charge in [-0.1, -0.05) is 24.3 Å². The summed E-state index contributed by atoms with van der Waals surface area (Å²) >= 11 is 0. The molecule has 2 heteroatoms. The van der Waals surface area contributed by atoms with Crippen molar-refractivity contribution in [3.05, 3.63) is 65.5 Å². The van der Waals surface area contributed by atoms with Gasteiger partial charge in [-0.15, -0.1) is 0 Å². The first-order valence-corrected chi connectivity index (χ1v) is 7.36. The van der Waals surface area contributed by atoms with E-state index in [1.165, 1.54) is 30.2 Å². The van der Waals surface area contributed by atoms with Gasteiger partial charge in [0.25, 0.3) is 0 Å². The van der Waals surface area contributed by atoms with E-state index in [0.717, 1.165) is 24.6 Å². The Morgan fingerprint density at radius 3 is 2.40 bits per heavy atom. The molecule has 1 saturated carbocycles. The molecule has 0 aromatic heterocycles. The zero-order chi connectivity index (χ0) is 13.9. The zero-order valence-electron chi connectivity index (χ0n) is 11.8. The second kappa shape index (κ2) is 5.66. The maximum atomic E-state index is 13.2. The number of anilines is 1. The van der Waals surface area contributed by atoms with Crippen LogP contribution in [-0.2, 0) is 6.42 Å². The van der Waals surface area contributed by atoms with Gasteiger partial charge in [0.2, 0.25) is 0 Å². The van der Waals surface area contributed by atoms with E-state index < -0.39 is 0 Å². The van der Waals surface area contributed by atoms with Crippen molar-refractivity contribution in [2.75, 3.05) is 11.4 Å². The minimum Gasteiger partial charge on any atom is -0.369 e. The normalized spacial score (nSPS) is 14.3. The first kappa shape index (κ1) is 13.2. The van der Waals surface area contributed by atoms with E-state index in [4.69, 9.17) is 0 Å². The smallest absolute Gasteiger partial charge is 0.123 e. The second-order valence-electron chi connectivity index (χ2n) is 5.49. The first-order chi connectivity index (χ1) is 9.76. The minimum atomic E-state index is -0.160. The van der Waals surface area contributed by atoms with Crippen LogP contribution in [0.15, 0.2) is 48.5 Å². The highest BCUT2D eigenvalue weighted by Gasteiger charge is 2.28. The molecule has 0 bridgehead atoms. The molecule has 0 radical (unpaired) electrons. The lowest BCUT2D eigenvalue weighted by Gasteiger charge is -2.23. The Labute approximate surface area is 120 Å². The van der Waals surface area contributed by atoms with E-state index in [1.807, 2.05) is 6.07 Å². The predicted molar refractivity (Wildman–Crippen MR) is 81.7 cm³/mol. The third kappa shape index (κ3) is 3.01. The Morgan fingerprint density at radius 2 is 1.75 bits per heavy atom. The maximum absolute atomic E-state index is 13.2. The SMILES string of the molecule is CCN(c1cccc(Cc2cccc(F)c2)c1)C1CC1. The van der Waals surface area contributed by atoms with Crippen molar-refractivity contribution in [3.63, 3.8) is 0 Å². The Morgan fingerprint density at radius 1 is 1.05 bits per heavy atom. The average Bonchev–Trinajstić information content (AvgIpc) is 3.25. The van der Waals surface area contributed by atoms with Gasteiger partial charge < -0.3 is 4.90 Å². The fourth-order valence-corrected chi connectivity index (χ4v) is 2.77. The third-order valence-electron chi connectivity index (χ3n) is 3.87. The summed E-state index contributed by atoms with van der Waals surface area (Å²) < 4.78 is 13.2. The number of hydrogen-bond donors (Lipinski definition) is 0. The topological polar surface area (TPSA) is 3.24 Å². The summed E-state index contributed by atoms with van der Waals surface area (Å²) in [5, 5.41) is 0. The van der Waals surface area contributed by atoms with Gasteiger partial charge in [0, 0.05) is 18.3 Å². The van der Waals surface area contributed by atoms with Crippen LogP contribution >= 0.6 is 0 Å². The molecule has 1 aliphatic rings. The molecule has 0 saturated heterocycles. The molecule has 0 aliphatic heterocycles. The van der Waals surface area contributed by atoms with Gasteiger partial charge in [0.05, 0.1) is 0 Å². The quantitative estimate of drug-likeness (QED) is 0.777. The molecule has 2 aromatic rings. The van der Waals surface area contributed by atoms with Crippen LogP contribution in [-0.4, -0.2) is 12.6 Å². The van der Waals surface area contributed by atoms with E-state index in [0.29, 0.717) is 0 Å². The van der Waals surface area contributed by atoms with Gasteiger partial charge >= 0.3 is 0 Å². The van der Waals surface area contributed by atoms with Crippen LogP contribution in [0, 0.1) is 5.82 Å². The molecule has 0 heterocycles. The third-order valence-corrected chi connectivity index (χ3v) is 3.87. The highest BCUT2D eigenvalue weighted by molar-refractivity contribution is 5.51. The van der Waals surface area contributed by atoms with Gasteiger partial charge in [0.15, 0.2) is 0 Å². The number of benzene rings is 2. The predicted octanol–water partition coefficient (Wildman–Crippen LogP) is 4.41. The van der Waals surface area contributed by atoms with Crippen molar-refractivity contribution in [1.82, 2.24) is 0 Å². The van der Waals surface area contributed by atoms with Crippen molar-refractivity contribution in [2.45, 2.75) is 32.2 Å². The molecule has 2 aromatic carbocycles. The molecule has 0 spiro atoms. The molecular formula is C18H20FN. The van der Waals surface area contributed by atoms with E-state index in [9.17, 15) is 4.39 Å². The molecule has 1 aliphatic carbocycles. The lowest BCUT2D eigenvalue weighted by molar-refractivity contribution is 0.626. The average molecular weight is 269 g/mol. The fraction of sp³-hybridized carbons (Fsp3) is 0.333. The van der Waals surface area contributed by atoms with Crippen molar-refractivity contribution in [3.8, 4) is 0 Å². The van der Waals surface area contributed by atoms with Crippen molar-refractivity contribution >= 4 is 5.69 Å². The molecule has 104 valence electrons. The first-order valence-electron chi connectivity index (χ1n) is 7.36. The molecule has 1 fully saturated rings. The summed E-state index contributed by atoms with van der Waals surface area (Å²) in [6.07, 6.45) is 3.40. The molecule has 0 unspecified atom stereocenters. The maximum Gasteiger partial charge on any atom is 0.123 e. The molecule has 3 rings (SSSR count). The van der Waals surface area contributed by atoms with Crippen molar-refractivity contribution in [2.24, 2.45) is 0 Å². The van der Waals surface area contributed by atoms with Gasteiger partial charge in [0.1, 0.15) is 5.82 Å². The van der Waals surface area contributed by atoms with Crippen molar-refractivity contribution < 1.29 is 4.39 Å². The zero-order valence-corrected chi connectivity index (χ0v) is 11.8. The molecule has 20 heavy (non-hydrogen) atoms. The summed E-state index contributed by atoms with van der Waals surface area (Å²) in [7, 11) is 0. The Balaban J connectivity index is 1.80. The van der Waals surface area contributed by atoms with E-state index in [2.05, 4.69) is 36.1 Å². The number of hydrogen-bond acceptors (Lipinski definition) is 1. The Hall–Kier alpha value is -1.83. The molecule has 0 amide bonds. The van der Waals surface area contributed by atoms with Crippen molar-refractivity contribution in [1.29, 1.82) is 0 Å². The van der Waals surface area contributed by atoms with Crippen LogP contribution in [0.1, 0.15) is 30.9 Å². The summed E-state index contributed by atoms with van der Waals surface area (Å²) in [6, 6.07) is 16.2. The van der Waals surface area contributed by atoms with Crippen LogP contribution in [0.5, 0.6) is 0 Å². The van der Waals surface area contributed by atoms with Gasteiger partial charge in [-0.2, -0.15) is 0 Å². The largest absolute Gasteiger partial charge is 0.369 e.